The van der Waals surface area contributed by atoms with Crippen molar-refractivity contribution in [3.63, 3.8) is 0 Å². The van der Waals surface area contributed by atoms with Crippen molar-refractivity contribution in [1.82, 2.24) is 9.62 Å². The molecule has 1 aliphatic carbocycles. The number of amides is 1. The zero-order valence-electron chi connectivity index (χ0n) is 16.9. The quantitative estimate of drug-likeness (QED) is 0.669. The lowest BCUT2D eigenvalue weighted by atomic mass is 10.0. The maximum Gasteiger partial charge on any atom is 0.252 e. The monoisotopic (exact) mass is 492 g/mol. The standard InChI is InChI=1S/C22H25BrN2O4S/c1-2-16-3-4-17(15-20(16)30(27,28)25-11-13-29-14-12-25)21(26)24-22(9-10-22)18-5-7-19(23)8-6-18/h3-8,15H,2,9-14H2,1H3,(H,24,26). The normalized spacial score (nSPS) is 18.7. The molecule has 1 saturated heterocycles. The van der Waals surface area contributed by atoms with Gasteiger partial charge in [0.1, 0.15) is 0 Å². The van der Waals surface area contributed by atoms with Gasteiger partial charge >= 0.3 is 0 Å². The number of hydrogen-bond donors (Lipinski definition) is 1. The summed E-state index contributed by atoms with van der Waals surface area (Å²) in [6.07, 6.45) is 2.31. The molecule has 1 heterocycles. The van der Waals surface area contributed by atoms with E-state index in [1.807, 2.05) is 31.2 Å². The molecule has 0 spiro atoms. The van der Waals surface area contributed by atoms with Gasteiger partial charge < -0.3 is 10.1 Å². The molecule has 6 nitrogen and oxygen atoms in total. The largest absolute Gasteiger partial charge is 0.379 e. The van der Waals surface area contributed by atoms with Gasteiger partial charge in [0.05, 0.1) is 23.6 Å². The average Bonchev–Trinajstić information content (AvgIpc) is 3.54. The van der Waals surface area contributed by atoms with E-state index in [1.54, 1.807) is 12.1 Å². The predicted molar refractivity (Wildman–Crippen MR) is 118 cm³/mol. The molecule has 1 amide bonds. The number of sulfonamides is 1. The average molecular weight is 493 g/mol. The lowest BCUT2D eigenvalue weighted by Gasteiger charge is -2.27. The number of hydrogen-bond acceptors (Lipinski definition) is 4. The fourth-order valence-corrected chi connectivity index (χ4v) is 5.82. The first kappa shape index (κ1) is 21.5. The zero-order valence-corrected chi connectivity index (χ0v) is 19.3. The van der Waals surface area contributed by atoms with Crippen molar-refractivity contribution in [2.75, 3.05) is 26.3 Å². The van der Waals surface area contributed by atoms with Crippen LogP contribution >= 0.6 is 15.9 Å². The van der Waals surface area contributed by atoms with Crippen molar-refractivity contribution in [3.05, 3.63) is 63.6 Å². The van der Waals surface area contributed by atoms with Crippen molar-refractivity contribution < 1.29 is 17.9 Å². The highest BCUT2D eigenvalue weighted by Gasteiger charge is 2.45. The number of carbonyl (C=O) groups excluding carboxylic acids is 1. The van der Waals surface area contributed by atoms with Crippen molar-refractivity contribution >= 4 is 31.9 Å². The van der Waals surface area contributed by atoms with E-state index in [2.05, 4.69) is 21.2 Å². The van der Waals surface area contributed by atoms with Gasteiger partial charge in [-0.25, -0.2) is 8.42 Å². The number of halogens is 1. The third kappa shape index (κ3) is 4.19. The fraction of sp³-hybridized carbons (Fsp3) is 0.409. The van der Waals surface area contributed by atoms with Crippen LogP contribution in [0, 0.1) is 0 Å². The molecule has 4 rings (SSSR count). The Hall–Kier alpha value is -1.74. The van der Waals surface area contributed by atoms with E-state index >= 15 is 0 Å². The molecule has 0 unspecified atom stereocenters. The number of nitrogens with one attached hydrogen (secondary N) is 1. The highest BCUT2D eigenvalue weighted by molar-refractivity contribution is 9.10. The minimum Gasteiger partial charge on any atom is -0.379 e. The number of ether oxygens (including phenoxy) is 1. The minimum absolute atomic E-state index is 0.216. The first-order valence-corrected chi connectivity index (χ1v) is 12.4. The Morgan fingerprint density at radius 2 is 1.80 bits per heavy atom. The summed E-state index contributed by atoms with van der Waals surface area (Å²) in [5, 5.41) is 3.13. The van der Waals surface area contributed by atoms with Crippen molar-refractivity contribution in [2.24, 2.45) is 0 Å². The number of nitrogens with zero attached hydrogens (tertiary/aromatic N) is 1. The van der Waals surface area contributed by atoms with Crippen LogP contribution in [0.5, 0.6) is 0 Å². The zero-order chi connectivity index (χ0) is 21.4. The smallest absolute Gasteiger partial charge is 0.252 e. The van der Waals surface area contributed by atoms with Crippen LogP contribution in [0.25, 0.3) is 0 Å². The molecule has 2 aliphatic rings. The summed E-state index contributed by atoms with van der Waals surface area (Å²) >= 11 is 3.44. The molecule has 0 atom stereocenters. The number of aryl methyl sites for hydroxylation is 1. The molecule has 1 N–H and O–H groups in total. The van der Waals surface area contributed by atoms with Gasteiger partial charge in [0.15, 0.2) is 0 Å². The second-order valence-corrected chi connectivity index (χ2v) is 10.6. The highest BCUT2D eigenvalue weighted by atomic mass is 79.9. The Labute approximate surface area is 185 Å². The van der Waals surface area contributed by atoms with E-state index < -0.39 is 10.0 Å². The van der Waals surface area contributed by atoms with E-state index in [0.717, 1.165) is 22.9 Å². The van der Waals surface area contributed by atoms with E-state index in [0.29, 0.717) is 43.9 Å². The summed E-state index contributed by atoms with van der Waals surface area (Å²) in [4.78, 5) is 13.3. The van der Waals surface area contributed by atoms with Gasteiger partial charge in [-0.1, -0.05) is 41.1 Å². The summed E-state index contributed by atoms with van der Waals surface area (Å²) in [7, 11) is -3.68. The van der Waals surface area contributed by atoms with Crippen LogP contribution in [0.15, 0.2) is 51.8 Å². The van der Waals surface area contributed by atoms with Crippen LogP contribution in [-0.2, 0) is 26.7 Å². The fourth-order valence-electron chi connectivity index (χ4n) is 3.82. The van der Waals surface area contributed by atoms with E-state index in [1.165, 1.54) is 10.4 Å². The van der Waals surface area contributed by atoms with Gasteiger partial charge in [0, 0.05) is 23.1 Å². The summed E-state index contributed by atoms with van der Waals surface area (Å²) < 4.78 is 34.2. The van der Waals surface area contributed by atoms with Crippen LogP contribution in [0.2, 0.25) is 0 Å². The van der Waals surface area contributed by atoms with Gasteiger partial charge in [-0.3, -0.25) is 4.79 Å². The second-order valence-electron chi connectivity index (χ2n) is 7.74. The van der Waals surface area contributed by atoms with E-state index in [-0.39, 0.29) is 16.3 Å². The molecule has 2 aromatic rings. The Morgan fingerprint density at radius 3 is 2.40 bits per heavy atom. The molecular formula is C22H25BrN2O4S. The molecule has 2 fully saturated rings. The molecule has 0 aromatic heterocycles. The first-order valence-electron chi connectivity index (χ1n) is 10.2. The molecule has 8 heteroatoms. The third-order valence-electron chi connectivity index (χ3n) is 5.80. The number of carbonyl (C=O) groups is 1. The van der Waals surface area contributed by atoms with Gasteiger partial charge in [0.2, 0.25) is 10.0 Å². The van der Waals surface area contributed by atoms with Crippen LogP contribution in [0.3, 0.4) is 0 Å². The molecule has 1 aliphatic heterocycles. The van der Waals surface area contributed by atoms with Crippen LogP contribution < -0.4 is 5.32 Å². The molecule has 0 bridgehead atoms. The minimum atomic E-state index is -3.68. The van der Waals surface area contributed by atoms with Crippen LogP contribution in [0.1, 0.15) is 41.3 Å². The number of rotatable bonds is 6. The van der Waals surface area contributed by atoms with Gasteiger partial charge in [-0.05, 0) is 54.7 Å². The first-order chi connectivity index (χ1) is 14.4. The van der Waals surface area contributed by atoms with E-state index in [4.69, 9.17) is 4.74 Å². The second kappa shape index (κ2) is 8.42. The van der Waals surface area contributed by atoms with Gasteiger partial charge in [0.25, 0.3) is 5.91 Å². The maximum absolute atomic E-state index is 13.2. The van der Waals surface area contributed by atoms with Crippen molar-refractivity contribution in [3.8, 4) is 0 Å². The Bertz CT molecular complexity index is 1040. The summed E-state index contributed by atoms with van der Waals surface area (Å²) in [5.74, 6) is -0.253. The Kier molecular flexibility index (Phi) is 6.03. The van der Waals surface area contributed by atoms with Gasteiger partial charge in [-0.2, -0.15) is 4.31 Å². The summed E-state index contributed by atoms with van der Waals surface area (Å²) in [5.41, 5.74) is 1.77. The lowest BCUT2D eigenvalue weighted by Crippen LogP contribution is -2.41. The Balaban J connectivity index is 1.61. The molecule has 30 heavy (non-hydrogen) atoms. The number of benzene rings is 2. The van der Waals surface area contributed by atoms with Crippen molar-refractivity contribution in [2.45, 2.75) is 36.6 Å². The Morgan fingerprint density at radius 1 is 1.13 bits per heavy atom. The van der Waals surface area contributed by atoms with Crippen LogP contribution in [0.4, 0.5) is 0 Å². The lowest BCUT2D eigenvalue weighted by molar-refractivity contribution is 0.0730. The highest BCUT2D eigenvalue weighted by Crippen LogP contribution is 2.46. The maximum atomic E-state index is 13.2. The molecular weight excluding hydrogens is 468 g/mol. The molecule has 1 saturated carbocycles. The predicted octanol–water partition coefficient (Wildman–Crippen LogP) is 3.45. The molecule has 160 valence electrons. The van der Waals surface area contributed by atoms with Crippen molar-refractivity contribution in [1.29, 1.82) is 0 Å². The van der Waals surface area contributed by atoms with E-state index in [9.17, 15) is 13.2 Å². The topological polar surface area (TPSA) is 75.7 Å². The molecule has 0 radical (unpaired) electrons. The molecule has 2 aromatic carbocycles. The van der Waals surface area contributed by atoms with Gasteiger partial charge in [-0.15, -0.1) is 0 Å². The SMILES string of the molecule is CCc1ccc(C(=O)NC2(c3ccc(Br)cc3)CC2)cc1S(=O)(=O)N1CCOCC1. The summed E-state index contributed by atoms with van der Waals surface area (Å²) in [6.45, 7) is 3.34. The third-order valence-corrected chi connectivity index (χ3v) is 8.31. The van der Waals surface area contributed by atoms with Crippen LogP contribution in [-0.4, -0.2) is 44.9 Å². The number of morpholine rings is 1. The summed E-state index contributed by atoms with van der Waals surface area (Å²) in [6, 6.07) is 12.9.